The molecule has 0 spiro atoms. The molecule has 0 bridgehead atoms. The van der Waals surface area contributed by atoms with Crippen molar-refractivity contribution in [3.63, 3.8) is 0 Å². The van der Waals surface area contributed by atoms with Crippen molar-refractivity contribution in [2.45, 2.75) is 38.9 Å². The van der Waals surface area contributed by atoms with Gasteiger partial charge in [-0.25, -0.2) is 0 Å². The third-order valence-electron chi connectivity index (χ3n) is 3.50. The number of furan rings is 1. The average Bonchev–Trinajstić information content (AvgIpc) is 3.01. The molecule has 102 valence electrons. The number of thioether (sulfide) groups is 1. The molecule has 0 radical (unpaired) electrons. The van der Waals surface area contributed by atoms with Crippen LogP contribution in [0.15, 0.2) is 16.7 Å². The minimum absolute atomic E-state index is 0.737. The quantitative estimate of drug-likeness (QED) is 0.770. The molecule has 0 amide bonds. The summed E-state index contributed by atoms with van der Waals surface area (Å²) in [5, 5.41) is 3.40. The second kappa shape index (κ2) is 7.22. The second-order valence-electron chi connectivity index (χ2n) is 4.98. The minimum atomic E-state index is 0.737. The van der Waals surface area contributed by atoms with Gasteiger partial charge in [0.1, 0.15) is 5.76 Å². The Balaban J connectivity index is 1.86. The molecule has 1 aliphatic heterocycles. The standard InChI is InChI=1S/C14H24N2OS/c1-3-6-15-9-14-12(4-7-17-14)10-16(2)13-5-8-18-11-13/h4,7,13,15H,3,5-6,8-11H2,1-2H3. The van der Waals surface area contributed by atoms with E-state index in [1.54, 1.807) is 0 Å². The lowest BCUT2D eigenvalue weighted by atomic mass is 10.2. The molecule has 0 aliphatic carbocycles. The van der Waals surface area contributed by atoms with Crippen LogP contribution in [0.2, 0.25) is 0 Å². The zero-order valence-electron chi connectivity index (χ0n) is 11.4. The van der Waals surface area contributed by atoms with Gasteiger partial charge >= 0.3 is 0 Å². The van der Waals surface area contributed by atoms with E-state index < -0.39 is 0 Å². The molecule has 4 heteroatoms. The van der Waals surface area contributed by atoms with E-state index in [0.717, 1.165) is 37.9 Å². The van der Waals surface area contributed by atoms with E-state index in [2.05, 4.69) is 42.0 Å². The number of nitrogens with one attached hydrogen (secondary N) is 1. The largest absolute Gasteiger partial charge is 0.468 e. The summed E-state index contributed by atoms with van der Waals surface area (Å²) in [6, 6.07) is 2.85. The van der Waals surface area contributed by atoms with Crippen LogP contribution in [0.1, 0.15) is 31.1 Å². The van der Waals surface area contributed by atoms with Crippen LogP contribution in [0.4, 0.5) is 0 Å². The van der Waals surface area contributed by atoms with Gasteiger partial charge in [0.25, 0.3) is 0 Å². The van der Waals surface area contributed by atoms with Crippen molar-refractivity contribution in [3.05, 3.63) is 23.7 Å². The van der Waals surface area contributed by atoms with Crippen molar-refractivity contribution >= 4 is 11.8 Å². The van der Waals surface area contributed by atoms with E-state index in [9.17, 15) is 0 Å². The Morgan fingerprint density at radius 1 is 1.56 bits per heavy atom. The molecule has 1 fully saturated rings. The SMILES string of the molecule is CCCNCc1occc1CN(C)C1CCSC1. The maximum Gasteiger partial charge on any atom is 0.122 e. The van der Waals surface area contributed by atoms with Crippen molar-refractivity contribution in [1.29, 1.82) is 0 Å². The van der Waals surface area contributed by atoms with E-state index in [0.29, 0.717) is 0 Å². The summed E-state index contributed by atoms with van der Waals surface area (Å²) in [4.78, 5) is 2.47. The summed E-state index contributed by atoms with van der Waals surface area (Å²) in [7, 11) is 2.23. The van der Waals surface area contributed by atoms with Crippen molar-refractivity contribution in [2.75, 3.05) is 25.1 Å². The van der Waals surface area contributed by atoms with Gasteiger partial charge in [0.05, 0.1) is 12.8 Å². The molecule has 1 unspecified atom stereocenters. The Morgan fingerprint density at radius 3 is 3.17 bits per heavy atom. The molecule has 18 heavy (non-hydrogen) atoms. The first-order chi connectivity index (χ1) is 8.81. The number of hydrogen-bond donors (Lipinski definition) is 1. The highest BCUT2D eigenvalue weighted by Gasteiger charge is 2.21. The fourth-order valence-electron chi connectivity index (χ4n) is 2.31. The van der Waals surface area contributed by atoms with E-state index in [1.807, 2.05) is 6.26 Å². The molecule has 1 saturated heterocycles. The summed E-state index contributed by atoms with van der Waals surface area (Å²) in [6.45, 7) is 5.09. The highest BCUT2D eigenvalue weighted by atomic mass is 32.2. The Kier molecular flexibility index (Phi) is 5.60. The van der Waals surface area contributed by atoms with Gasteiger partial charge in [-0.3, -0.25) is 4.90 Å². The smallest absolute Gasteiger partial charge is 0.122 e. The summed E-state index contributed by atoms with van der Waals surface area (Å²) < 4.78 is 5.58. The topological polar surface area (TPSA) is 28.4 Å². The van der Waals surface area contributed by atoms with E-state index >= 15 is 0 Å². The van der Waals surface area contributed by atoms with E-state index in [4.69, 9.17) is 4.42 Å². The van der Waals surface area contributed by atoms with Crippen molar-refractivity contribution in [2.24, 2.45) is 0 Å². The van der Waals surface area contributed by atoms with Gasteiger partial charge in [-0.2, -0.15) is 11.8 Å². The lowest BCUT2D eigenvalue weighted by Crippen LogP contribution is -2.31. The predicted octanol–water partition coefficient (Wildman–Crippen LogP) is 2.72. The van der Waals surface area contributed by atoms with Crippen molar-refractivity contribution < 1.29 is 4.42 Å². The van der Waals surface area contributed by atoms with Gasteiger partial charge in [-0.1, -0.05) is 6.92 Å². The van der Waals surface area contributed by atoms with Gasteiger partial charge < -0.3 is 9.73 Å². The molecular formula is C14H24N2OS. The highest BCUT2D eigenvalue weighted by molar-refractivity contribution is 7.99. The lowest BCUT2D eigenvalue weighted by Gasteiger charge is -2.23. The fourth-order valence-corrected chi connectivity index (χ4v) is 3.61. The molecular weight excluding hydrogens is 244 g/mol. The molecule has 1 N–H and O–H groups in total. The van der Waals surface area contributed by atoms with Crippen LogP contribution in [0.3, 0.4) is 0 Å². The Bertz CT molecular complexity index is 347. The normalized spacial score (nSPS) is 19.8. The average molecular weight is 268 g/mol. The van der Waals surface area contributed by atoms with Crippen LogP contribution in [0, 0.1) is 0 Å². The highest BCUT2D eigenvalue weighted by Crippen LogP contribution is 2.23. The van der Waals surface area contributed by atoms with Gasteiger partial charge in [0.15, 0.2) is 0 Å². The number of rotatable bonds is 7. The maximum atomic E-state index is 5.58. The van der Waals surface area contributed by atoms with Crippen LogP contribution in [0.5, 0.6) is 0 Å². The Labute approximate surface area is 114 Å². The minimum Gasteiger partial charge on any atom is -0.468 e. The molecule has 1 atom stereocenters. The molecule has 0 saturated carbocycles. The molecule has 0 aromatic carbocycles. The third-order valence-corrected chi connectivity index (χ3v) is 4.64. The van der Waals surface area contributed by atoms with Crippen LogP contribution < -0.4 is 5.32 Å². The summed E-state index contributed by atoms with van der Waals surface area (Å²) in [6.07, 6.45) is 4.30. The summed E-state index contributed by atoms with van der Waals surface area (Å²) >= 11 is 2.07. The van der Waals surface area contributed by atoms with Crippen molar-refractivity contribution in [3.8, 4) is 0 Å². The molecule has 3 nitrogen and oxygen atoms in total. The Hall–Kier alpha value is -0.450. The Morgan fingerprint density at radius 2 is 2.44 bits per heavy atom. The van der Waals surface area contributed by atoms with Gasteiger partial charge in [0.2, 0.25) is 0 Å². The van der Waals surface area contributed by atoms with E-state index in [1.165, 1.54) is 23.5 Å². The van der Waals surface area contributed by atoms with Gasteiger partial charge in [-0.15, -0.1) is 0 Å². The summed E-state index contributed by atoms with van der Waals surface area (Å²) in [5.41, 5.74) is 1.33. The monoisotopic (exact) mass is 268 g/mol. The second-order valence-corrected chi connectivity index (χ2v) is 6.13. The fraction of sp³-hybridized carbons (Fsp3) is 0.714. The first-order valence-corrected chi connectivity index (χ1v) is 8.00. The number of nitrogens with zero attached hydrogens (tertiary/aromatic N) is 1. The van der Waals surface area contributed by atoms with Crippen LogP contribution >= 0.6 is 11.8 Å². The molecule has 1 aliphatic rings. The van der Waals surface area contributed by atoms with Crippen LogP contribution in [-0.2, 0) is 13.1 Å². The molecule has 2 heterocycles. The van der Waals surface area contributed by atoms with Gasteiger partial charge in [0, 0.05) is 23.9 Å². The van der Waals surface area contributed by atoms with Crippen LogP contribution in [-0.4, -0.2) is 36.0 Å². The zero-order chi connectivity index (χ0) is 12.8. The lowest BCUT2D eigenvalue weighted by molar-refractivity contribution is 0.252. The van der Waals surface area contributed by atoms with E-state index in [-0.39, 0.29) is 0 Å². The van der Waals surface area contributed by atoms with Gasteiger partial charge in [-0.05, 0) is 38.3 Å². The summed E-state index contributed by atoms with van der Waals surface area (Å²) in [5.74, 6) is 3.68. The molecule has 1 aromatic heterocycles. The number of hydrogen-bond acceptors (Lipinski definition) is 4. The van der Waals surface area contributed by atoms with Crippen LogP contribution in [0.25, 0.3) is 0 Å². The van der Waals surface area contributed by atoms with Crippen molar-refractivity contribution in [1.82, 2.24) is 10.2 Å². The first kappa shape index (κ1) is 14.0. The molecule has 1 aromatic rings. The zero-order valence-corrected chi connectivity index (χ0v) is 12.3. The third kappa shape index (κ3) is 3.77. The predicted molar refractivity (Wildman–Crippen MR) is 77.9 cm³/mol. The first-order valence-electron chi connectivity index (χ1n) is 6.85. The maximum absolute atomic E-state index is 5.58. The molecule has 2 rings (SSSR count).